The molecule has 0 spiro atoms. The molecule has 0 unspecified atom stereocenters. The van der Waals surface area contributed by atoms with Gasteiger partial charge in [-0.25, -0.2) is 0 Å². The second-order valence-corrected chi connectivity index (χ2v) is 4.90. The van der Waals surface area contributed by atoms with E-state index in [1.807, 2.05) is 11.9 Å². The summed E-state index contributed by atoms with van der Waals surface area (Å²) in [5.74, 6) is 1.87. The third-order valence-electron chi connectivity index (χ3n) is 3.44. The second-order valence-electron chi connectivity index (χ2n) is 4.90. The van der Waals surface area contributed by atoms with Crippen molar-refractivity contribution in [3.05, 3.63) is 0 Å². The fraction of sp³-hybridized carbons (Fsp3) is 0.909. The molecule has 0 aromatic carbocycles. The van der Waals surface area contributed by atoms with Crippen molar-refractivity contribution in [2.45, 2.75) is 19.8 Å². The Morgan fingerprint density at radius 3 is 2.64 bits per heavy atom. The van der Waals surface area contributed by atoms with Crippen molar-refractivity contribution in [3.8, 4) is 0 Å². The number of hydrogen-bond donors (Lipinski definition) is 1. The lowest BCUT2D eigenvalue weighted by atomic mass is 9.97. The number of hydrogen-bond acceptors (Lipinski definition) is 2. The van der Waals surface area contributed by atoms with E-state index in [2.05, 4.69) is 12.2 Å². The molecule has 0 aromatic rings. The largest absolute Gasteiger partial charge is 0.345 e. The van der Waals surface area contributed by atoms with Crippen molar-refractivity contribution in [2.75, 3.05) is 26.7 Å². The van der Waals surface area contributed by atoms with Gasteiger partial charge in [0.25, 0.3) is 0 Å². The fourth-order valence-electron chi connectivity index (χ4n) is 2.20. The van der Waals surface area contributed by atoms with Crippen LogP contribution < -0.4 is 5.32 Å². The van der Waals surface area contributed by atoms with Gasteiger partial charge in [-0.2, -0.15) is 0 Å². The molecular weight excluding hydrogens is 176 g/mol. The molecule has 2 atom stereocenters. The smallest absolute Gasteiger partial charge is 0.227 e. The second kappa shape index (κ2) is 3.89. The van der Waals surface area contributed by atoms with E-state index in [9.17, 15) is 4.79 Å². The first-order valence-corrected chi connectivity index (χ1v) is 5.64. The molecule has 1 saturated heterocycles. The molecule has 1 saturated carbocycles. The molecule has 1 heterocycles. The molecule has 1 N–H and O–H groups in total. The first kappa shape index (κ1) is 9.97. The maximum absolute atomic E-state index is 12.0. The normalized spacial score (nSPS) is 31.9. The molecule has 1 amide bonds. The summed E-state index contributed by atoms with van der Waals surface area (Å²) in [4.78, 5) is 13.9. The molecule has 0 bridgehead atoms. The van der Waals surface area contributed by atoms with E-state index < -0.39 is 0 Å². The molecular formula is C11H20N2O. The number of nitrogens with one attached hydrogen (secondary N) is 1. The van der Waals surface area contributed by atoms with E-state index in [0.29, 0.717) is 11.8 Å². The average Bonchev–Trinajstić information content (AvgIpc) is 2.86. The summed E-state index contributed by atoms with van der Waals surface area (Å²) in [6.07, 6.45) is 2.63. The van der Waals surface area contributed by atoms with Gasteiger partial charge in [0.05, 0.1) is 5.92 Å². The van der Waals surface area contributed by atoms with E-state index in [1.165, 1.54) is 12.8 Å². The number of carbonyl (C=O) groups excluding carboxylic acids is 1. The highest BCUT2D eigenvalue weighted by atomic mass is 16.2. The zero-order valence-corrected chi connectivity index (χ0v) is 9.12. The van der Waals surface area contributed by atoms with E-state index in [0.717, 1.165) is 25.6 Å². The number of carbonyl (C=O) groups is 1. The first-order valence-electron chi connectivity index (χ1n) is 5.64. The Balaban J connectivity index is 1.85. The van der Waals surface area contributed by atoms with Crippen LogP contribution in [0.2, 0.25) is 0 Å². The van der Waals surface area contributed by atoms with Crippen molar-refractivity contribution < 1.29 is 4.79 Å². The minimum absolute atomic E-state index is 0.221. The molecule has 1 aliphatic carbocycles. The maximum atomic E-state index is 12.0. The highest BCUT2D eigenvalue weighted by Crippen LogP contribution is 2.30. The van der Waals surface area contributed by atoms with Crippen molar-refractivity contribution in [1.29, 1.82) is 0 Å². The van der Waals surface area contributed by atoms with E-state index in [4.69, 9.17) is 0 Å². The van der Waals surface area contributed by atoms with Crippen LogP contribution in [-0.2, 0) is 4.79 Å². The molecule has 1 aliphatic heterocycles. The van der Waals surface area contributed by atoms with Crippen molar-refractivity contribution in [2.24, 2.45) is 17.8 Å². The van der Waals surface area contributed by atoms with Crippen LogP contribution in [0.5, 0.6) is 0 Å². The lowest BCUT2D eigenvalue weighted by Gasteiger charge is -2.22. The van der Waals surface area contributed by atoms with Gasteiger partial charge in [-0.05, 0) is 31.2 Å². The number of rotatable bonds is 3. The molecule has 2 aliphatic rings. The van der Waals surface area contributed by atoms with Gasteiger partial charge in [0.1, 0.15) is 0 Å². The molecule has 2 fully saturated rings. The summed E-state index contributed by atoms with van der Waals surface area (Å²) in [7, 11) is 1.95. The van der Waals surface area contributed by atoms with Crippen LogP contribution in [-0.4, -0.2) is 37.5 Å². The molecule has 2 rings (SSSR count). The maximum Gasteiger partial charge on any atom is 0.227 e. The van der Waals surface area contributed by atoms with Gasteiger partial charge < -0.3 is 10.2 Å². The van der Waals surface area contributed by atoms with Gasteiger partial charge in [-0.15, -0.1) is 0 Å². The van der Waals surface area contributed by atoms with Crippen LogP contribution in [0.15, 0.2) is 0 Å². The Morgan fingerprint density at radius 2 is 2.14 bits per heavy atom. The quantitative estimate of drug-likeness (QED) is 0.721. The van der Waals surface area contributed by atoms with Gasteiger partial charge in [-0.3, -0.25) is 4.79 Å². The van der Waals surface area contributed by atoms with Crippen LogP contribution in [0.4, 0.5) is 0 Å². The Hall–Kier alpha value is -0.570. The van der Waals surface area contributed by atoms with Crippen molar-refractivity contribution in [1.82, 2.24) is 10.2 Å². The SMILES string of the molecule is C[C@@H]1CNC[C@H]1C(=O)N(C)CC1CC1. The topological polar surface area (TPSA) is 32.3 Å². The van der Waals surface area contributed by atoms with Crippen LogP contribution in [0.25, 0.3) is 0 Å². The minimum Gasteiger partial charge on any atom is -0.345 e. The Labute approximate surface area is 85.8 Å². The number of nitrogens with zero attached hydrogens (tertiary/aromatic N) is 1. The molecule has 3 heteroatoms. The Morgan fingerprint density at radius 1 is 1.43 bits per heavy atom. The Kier molecular flexibility index (Phi) is 2.77. The summed E-state index contributed by atoms with van der Waals surface area (Å²) in [5, 5.41) is 3.28. The highest BCUT2D eigenvalue weighted by Gasteiger charge is 2.33. The first-order chi connectivity index (χ1) is 6.68. The molecule has 14 heavy (non-hydrogen) atoms. The zero-order chi connectivity index (χ0) is 10.1. The lowest BCUT2D eigenvalue weighted by Crippen LogP contribution is -2.37. The van der Waals surface area contributed by atoms with Gasteiger partial charge in [-0.1, -0.05) is 6.92 Å². The predicted molar refractivity (Wildman–Crippen MR) is 55.9 cm³/mol. The average molecular weight is 196 g/mol. The highest BCUT2D eigenvalue weighted by molar-refractivity contribution is 5.79. The summed E-state index contributed by atoms with van der Waals surface area (Å²) >= 11 is 0. The summed E-state index contributed by atoms with van der Waals surface area (Å²) in [6, 6.07) is 0. The zero-order valence-electron chi connectivity index (χ0n) is 9.12. The van der Waals surface area contributed by atoms with Gasteiger partial charge in [0.15, 0.2) is 0 Å². The lowest BCUT2D eigenvalue weighted by molar-refractivity contribution is -0.134. The molecule has 3 nitrogen and oxygen atoms in total. The van der Waals surface area contributed by atoms with Gasteiger partial charge >= 0.3 is 0 Å². The van der Waals surface area contributed by atoms with Crippen molar-refractivity contribution >= 4 is 5.91 Å². The van der Waals surface area contributed by atoms with Gasteiger partial charge in [0, 0.05) is 20.1 Å². The van der Waals surface area contributed by atoms with Crippen LogP contribution in [0.1, 0.15) is 19.8 Å². The molecule has 0 radical (unpaired) electrons. The van der Waals surface area contributed by atoms with Crippen LogP contribution in [0.3, 0.4) is 0 Å². The third-order valence-corrected chi connectivity index (χ3v) is 3.44. The number of amides is 1. The van der Waals surface area contributed by atoms with E-state index >= 15 is 0 Å². The summed E-state index contributed by atoms with van der Waals surface area (Å²) in [5.41, 5.74) is 0. The third kappa shape index (κ3) is 2.08. The molecule has 0 aromatic heterocycles. The van der Waals surface area contributed by atoms with Gasteiger partial charge in [0.2, 0.25) is 5.91 Å². The van der Waals surface area contributed by atoms with E-state index in [-0.39, 0.29) is 5.92 Å². The standard InChI is InChI=1S/C11H20N2O/c1-8-5-12-6-10(8)11(14)13(2)7-9-3-4-9/h8-10,12H,3-7H2,1-2H3/t8-,10-/m1/s1. The minimum atomic E-state index is 0.221. The van der Waals surface area contributed by atoms with Crippen molar-refractivity contribution in [3.63, 3.8) is 0 Å². The molecule has 80 valence electrons. The summed E-state index contributed by atoms with van der Waals surface area (Å²) < 4.78 is 0. The fourth-order valence-corrected chi connectivity index (χ4v) is 2.20. The predicted octanol–water partition coefficient (Wildman–Crippen LogP) is 0.710. The Bertz CT molecular complexity index is 225. The van der Waals surface area contributed by atoms with Crippen LogP contribution >= 0.6 is 0 Å². The monoisotopic (exact) mass is 196 g/mol. The van der Waals surface area contributed by atoms with E-state index in [1.54, 1.807) is 0 Å². The summed E-state index contributed by atoms with van der Waals surface area (Å²) in [6.45, 7) is 5.00. The van der Waals surface area contributed by atoms with Crippen LogP contribution in [0, 0.1) is 17.8 Å².